The van der Waals surface area contributed by atoms with Crippen molar-refractivity contribution in [3.63, 3.8) is 0 Å². The summed E-state index contributed by atoms with van der Waals surface area (Å²) in [7, 11) is 2.20. The molecule has 0 aromatic heterocycles. The minimum Gasteiger partial charge on any atom is -0.306 e. The minimum atomic E-state index is 0.401. The Hall–Kier alpha value is -0.550. The number of hydrogen-bond acceptors (Lipinski definition) is 2. The van der Waals surface area contributed by atoms with Crippen LogP contribution in [-0.2, 0) is 0 Å². The number of hydrogen-bond donors (Lipinski definition) is 0. The van der Waals surface area contributed by atoms with Gasteiger partial charge in [0.1, 0.15) is 0 Å². The Kier molecular flexibility index (Phi) is 2.29. The minimum absolute atomic E-state index is 0.401. The van der Waals surface area contributed by atoms with E-state index in [2.05, 4.69) is 18.0 Å². The van der Waals surface area contributed by atoms with E-state index in [9.17, 15) is 0 Å². The lowest BCUT2D eigenvalue weighted by molar-refractivity contribution is 0.256. The first kappa shape index (κ1) is 9.02. The Morgan fingerprint density at radius 3 is 2.62 bits per heavy atom. The van der Waals surface area contributed by atoms with E-state index in [4.69, 9.17) is 5.26 Å². The molecule has 72 valence electrons. The SMILES string of the molecule is CN(CC1CC1)CC1(CC#N)CC1. The highest BCUT2D eigenvalue weighted by Crippen LogP contribution is 2.49. The van der Waals surface area contributed by atoms with Crippen molar-refractivity contribution in [3.05, 3.63) is 0 Å². The zero-order valence-electron chi connectivity index (χ0n) is 8.42. The van der Waals surface area contributed by atoms with E-state index < -0.39 is 0 Å². The largest absolute Gasteiger partial charge is 0.306 e. The molecule has 0 N–H and O–H groups in total. The van der Waals surface area contributed by atoms with Gasteiger partial charge in [0.2, 0.25) is 0 Å². The second-order valence-corrected chi connectivity index (χ2v) is 4.98. The van der Waals surface area contributed by atoms with Crippen molar-refractivity contribution in [1.29, 1.82) is 5.26 Å². The van der Waals surface area contributed by atoms with Crippen LogP contribution < -0.4 is 0 Å². The molecule has 0 saturated heterocycles. The molecule has 0 aromatic carbocycles. The summed E-state index contributed by atoms with van der Waals surface area (Å²) in [5.74, 6) is 0.975. The molecule has 2 saturated carbocycles. The van der Waals surface area contributed by atoms with Crippen LogP contribution in [-0.4, -0.2) is 25.0 Å². The first-order valence-corrected chi connectivity index (χ1v) is 5.30. The zero-order valence-corrected chi connectivity index (χ0v) is 8.42. The molecular formula is C11H18N2. The molecule has 2 aliphatic carbocycles. The summed E-state index contributed by atoms with van der Waals surface area (Å²) < 4.78 is 0. The van der Waals surface area contributed by atoms with Crippen LogP contribution in [0.3, 0.4) is 0 Å². The van der Waals surface area contributed by atoms with Crippen LogP contribution in [0.15, 0.2) is 0 Å². The smallest absolute Gasteiger partial charge is 0.0628 e. The van der Waals surface area contributed by atoms with Gasteiger partial charge in [-0.25, -0.2) is 0 Å². The van der Waals surface area contributed by atoms with Crippen LogP contribution in [0.1, 0.15) is 32.1 Å². The Bertz CT molecular complexity index is 221. The van der Waals surface area contributed by atoms with Crippen LogP contribution in [0.5, 0.6) is 0 Å². The summed E-state index contributed by atoms with van der Waals surface area (Å²) >= 11 is 0. The second kappa shape index (κ2) is 3.31. The first-order chi connectivity index (χ1) is 6.24. The van der Waals surface area contributed by atoms with Crippen molar-refractivity contribution >= 4 is 0 Å². The van der Waals surface area contributed by atoms with E-state index in [0.29, 0.717) is 5.41 Å². The zero-order chi connectivity index (χ0) is 9.31. The fraction of sp³-hybridized carbons (Fsp3) is 0.909. The third kappa shape index (κ3) is 2.45. The Morgan fingerprint density at radius 1 is 1.46 bits per heavy atom. The van der Waals surface area contributed by atoms with E-state index in [0.717, 1.165) is 18.9 Å². The van der Waals surface area contributed by atoms with Gasteiger partial charge in [0.05, 0.1) is 6.07 Å². The standard InChI is InChI=1S/C11H18N2/c1-13(8-10-2-3-10)9-11(4-5-11)6-7-12/h10H,2-6,8-9H2,1H3. The topological polar surface area (TPSA) is 27.0 Å². The monoisotopic (exact) mass is 178 g/mol. The third-order valence-electron chi connectivity index (χ3n) is 3.28. The van der Waals surface area contributed by atoms with Gasteiger partial charge in [0.15, 0.2) is 0 Å². The van der Waals surface area contributed by atoms with Gasteiger partial charge in [-0.3, -0.25) is 0 Å². The highest BCUT2D eigenvalue weighted by molar-refractivity contribution is 5.01. The van der Waals surface area contributed by atoms with Crippen LogP contribution >= 0.6 is 0 Å². The van der Waals surface area contributed by atoms with Crippen LogP contribution in [0.2, 0.25) is 0 Å². The second-order valence-electron chi connectivity index (χ2n) is 4.98. The predicted molar refractivity (Wildman–Crippen MR) is 52.1 cm³/mol. The molecule has 2 aliphatic rings. The van der Waals surface area contributed by atoms with Gasteiger partial charge in [0, 0.05) is 19.5 Å². The molecule has 2 rings (SSSR count). The Labute approximate surface area is 80.5 Å². The molecule has 0 radical (unpaired) electrons. The maximum Gasteiger partial charge on any atom is 0.0628 e. The van der Waals surface area contributed by atoms with Crippen molar-refractivity contribution in [2.45, 2.75) is 32.1 Å². The molecule has 0 aromatic rings. The number of rotatable bonds is 5. The molecule has 2 fully saturated rings. The average molecular weight is 178 g/mol. The van der Waals surface area contributed by atoms with Gasteiger partial charge in [0.25, 0.3) is 0 Å². The maximum absolute atomic E-state index is 8.68. The normalized spacial score (nSPS) is 24.4. The van der Waals surface area contributed by atoms with Crippen LogP contribution in [0, 0.1) is 22.7 Å². The highest BCUT2D eigenvalue weighted by atomic mass is 15.1. The van der Waals surface area contributed by atoms with E-state index >= 15 is 0 Å². The van der Waals surface area contributed by atoms with Crippen LogP contribution in [0.4, 0.5) is 0 Å². The average Bonchev–Trinajstić information content (AvgIpc) is 2.90. The van der Waals surface area contributed by atoms with E-state index in [1.165, 1.54) is 32.2 Å². The summed E-state index contributed by atoms with van der Waals surface area (Å²) in [6, 6.07) is 2.32. The van der Waals surface area contributed by atoms with Crippen molar-refractivity contribution < 1.29 is 0 Å². The fourth-order valence-electron chi connectivity index (χ4n) is 2.11. The number of nitrogens with zero attached hydrogens (tertiary/aromatic N) is 2. The molecule has 0 atom stereocenters. The number of nitriles is 1. The summed E-state index contributed by atoms with van der Waals surface area (Å²) in [5, 5.41) is 8.68. The molecular weight excluding hydrogens is 160 g/mol. The first-order valence-electron chi connectivity index (χ1n) is 5.30. The molecule has 0 unspecified atom stereocenters. The van der Waals surface area contributed by atoms with Gasteiger partial charge >= 0.3 is 0 Å². The quantitative estimate of drug-likeness (QED) is 0.644. The van der Waals surface area contributed by atoms with Crippen molar-refractivity contribution in [2.24, 2.45) is 11.3 Å². The maximum atomic E-state index is 8.68. The molecule has 2 nitrogen and oxygen atoms in total. The van der Waals surface area contributed by atoms with Gasteiger partial charge in [-0.2, -0.15) is 5.26 Å². The van der Waals surface area contributed by atoms with Crippen molar-refractivity contribution in [2.75, 3.05) is 20.1 Å². The van der Waals surface area contributed by atoms with Crippen LogP contribution in [0.25, 0.3) is 0 Å². The summed E-state index contributed by atoms with van der Waals surface area (Å²) in [4.78, 5) is 2.43. The summed E-state index contributed by atoms with van der Waals surface area (Å²) in [5.41, 5.74) is 0.401. The molecule has 0 aliphatic heterocycles. The Balaban J connectivity index is 1.73. The van der Waals surface area contributed by atoms with Gasteiger partial charge in [-0.15, -0.1) is 0 Å². The molecule has 0 heterocycles. The highest BCUT2D eigenvalue weighted by Gasteiger charge is 2.43. The van der Waals surface area contributed by atoms with Gasteiger partial charge < -0.3 is 4.90 Å². The van der Waals surface area contributed by atoms with Crippen molar-refractivity contribution in [1.82, 2.24) is 4.90 Å². The summed E-state index contributed by atoms with van der Waals surface area (Å²) in [6.45, 7) is 2.41. The molecule has 0 bridgehead atoms. The lowest BCUT2D eigenvalue weighted by Crippen LogP contribution is -2.28. The predicted octanol–water partition coefficient (Wildman–Crippen LogP) is 2.02. The molecule has 0 amide bonds. The fourth-order valence-corrected chi connectivity index (χ4v) is 2.11. The third-order valence-corrected chi connectivity index (χ3v) is 3.28. The lowest BCUT2D eigenvalue weighted by atomic mass is 10.0. The Morgan fingerprint density at radius 2 is 2.15 bits per heavy atom. The van der Waals surface area contributed by atoms with Gasteiger partial charge in [-0.1, -0.05) is 0 Å². The molecule has 2 heteroatoms. The summed E-state index contributed by atoms with van der Waals surface area (Å²) in [6.07, 6.45) is 6.16. The van der Waals surface area contributed by atoms with E-state index in [-0.39, 0.29) is 0 Å². The molecule has 13 heavy (non-hydrogen) atoms. The lowest BCUT2D eigenvalue weighted by Gasteiger charge is -2.21. The van der Waals surface area contributed by atoms with Gasteiger partial charge in [-0.05, 0) is 44.1 Å². The van der Waals surface area contributed by atoms with E-state index in [1.54, 1.807) is 0 Å². The molecule has 0 spiro atoms. The van der Waals surface area contributed by atoms with Crippen molar-refractivity contribution in [3.8, 4) is 6.07 Å². The van der Waals surface area contributed by atoms with E-state index in [1.807, 2.05) is 0 Å².